The first-order valence-electron chi connectivity index (χ1n) is 9.23. The quantitative estimate of drug-likeness (QED) is 0.515. The zero-order valence-electron chi connectivity index (χ0n) is 15.9. The molecule has 2 aromatic carbocycles. The first kappa shape index (κ1) is 19.1. The van der Waals surface area contributed by atoms with Crippen LogP contribution in [0.15, 0.2) is 82.6 Å². The van der Waals surface area contributed by atoms with Gasteiger partial charge in [0.1, 0.15) is 18.9 Å². The summed E-state index contributed by atoms with van der Waals surface area (Å²) in [5.74, 6) is 0.125. The predicted octanol–water partition coefficient (Wildman–Crippen LogP) is 2.30. The summed E-state index contributed by atoms with van der Waals surface area (Å²) in [5, 5.41) is 5.71. The van der Waals surface area contributed by atoms with E-state index in [9.17, 15) is 14.4 Å². The van der Waals surface area contributed by atoms with Crippen molar-refractivity contribution in [3.8, 4) is 5.75 Å². The number of aromatic nitrogens is 3. The topological polar surface area (TPSA) is 106 Å². The van der Waals surface area contributed by atoms with E-state index in [1.807, 2.05) is 12.1 Å². The van der Waals surface area contributed by atoms with Crippen molar-refractivity contribution in [3.05, 3.63) is 99.3 Å². The molecule has 4 aromatic rings. The summed E-state index contributed by atoms with van der Waals surface area (Å²) in [5.41, 5.74) is 0.573. The van der Waals surface area contributed by atoms with Crippen molar-refractivity contribution in [2.75, 3.05) is 5.32 Å². The van der Waals surface area contributed by atoms with Crippen molar-refractivity contribution in [2.45, 2.75) is 13.2 Å². The second kappa shape index (κ2) is 8.44. The van der Waals surface area contributed by atoms with Crippen LogP contribution in [-0.2, 0) is 17.9 Å². The number of amides is 1. The molecule has 1 amide bonds. The second-order valence-corrected chi connectivity index (χ2v) is 6.60. The molecule has 0 aliphatic heterocycles. The van der Waals surface area contributed by atoms with Gasteiger partial charge in [-0.2, -0.15) is 0 Å². The highest BCUT2D eigenvalue weighted by Crippen LogP contribution is 2.18. The van der Waals surface area contributed by atoms with E-state index in [0.29, 0.717) is 18.0 Å². The van der Waals surface area contributed by atoms with Crippen LogP contribution in [0.1, 0.15) is 5.56 Å². The fraction of sp³-hybridized carbons (Fsp3) is 0.0909. The summed E-state index contributed by atoms with van der Waals surface area (Å²) < 4.78 is 6.72. The van der Waals surface area contributed by atoms with Crippen molar-refractivity contribution >= 4 is 22.4 Å². The molecule has 0 bridgehead atoms. The van der Waals surface area contributed by atoms with Gasteiger partial charge in [-0.25, -0.2) is 4.68 Å². The molecule has 0 saturated carbocycles. The van der Waals surface area contributed by atoms with Crippen LogP contribution < -0.4 is 21.2 Å². The molecule has 0 radical (unpaired) electrons. The molecule has 0 spiro atoms. The van der Waals surface area contributed by atoms with Crippen LogP contribution in [0.3, 0.4) is 0 Å². The molecular formula is C22H18N4O4. The SMILES string of the molecule is O=C(Cn1[nH]c(=O)c2ccccc2c1=O)Nc1cccc(OCc2cccnc2)c1. The van der Waals surface area contributed by atoms with E-state index in [-0.39, 0.29) is 17.3 Å². The van der Waals surface area contributed by atoms with Crippen LogP contribution in [0, 0.1) is 0 Å². The normalized spacial score (nSPS) is 10.7. The molecular weight excluding hydrogens is 384 g/mol. The average molecular weight is 402 g/mol. The van der Waals surface area contributed by atoms with E-state index in [1.165, 1.54) is 0 Å². The van der Waals surface area contributed by atoms with Gasteiger partial charge in [0.05, 0.1) is 10.8 Å². The highest BCUT2D eigenvalue weighted by molar-refractivity contribution is 5.91. The maximum atomic E-state index is 12.5. The fourth-order valence-electron chi connectivity index (χ4n) is 3.02. The van der Waals surface area contributed by atoms with Gasteiger partial charge in [0.25, 0.3) is 11.1 Å². The number of ether oxygens (including phenoxy) is 1. The molecule has 2 N–H and O–H groups in total. The number of hydrogen-bond acceptors (Lipinski definition) is 5. The van der Waals surface area contributed by atoms with Crippen molar-refractivity contribution in [1.82, 2.24) is 14.8 Å². The van der Waals surface area contributed by atoms with E-state index in [0.717, 1.165) is 10.2 Å². The lowest BCUT2D eigenvalue weighted by atomic mass is 10.2. The van der Waals surface area contributed by atoms with Gasteiger partial charge in [-0.1, -0.05) is 24.3 Å². The number of anilines is 1. The van der Waals surface area contributed by atoms with E-state index >= 15 is 0 Å². The third-order valence-corrected chi connectivity index (χ3v) is 4.43. The Bertz CT molecular complexity index is 1310. The number of pyridine rings is 1. The number of nitrogens with one attached hydrogen (secondary N) is 2. The first-order chi connectivity index (χ1) is 14.6. The number of benzene rings is 2. The molecule has 150 valence electrons. The lowest BCUT2D eigenvalue weighted by Gasteiger charge is -2.10. The molecule has 0 fully saturated rings. The van der Waals surface area contributed by atoms with E-state index in [2.05, 4.69) is 15.4 Å². The number of H-pyrrole nitrogens is 1. The van der Waals surface area contributed by atoms with Gasteiger partial charge >= 0.3 is 0 Å². The Morgan fingerprint density at radius 2 is 1.87 bits per heavy atom. The van der Waals surface area contributed by atoms with Crippen molar-refractivity contribution < 1.29 is 9.53 Å². The van der Waals surface area contributed by atoms with Gasteiger partial charge < -0.3 is 10.1 Å². The molecule has 0 atom stereocenters. The zero-order chi connectivity index (χ0) is 20.9. The van der Waals surface area contributed by atoms with Crippen LogP contribution in [0.25, 0.3) is 10.8 Å². The number of hydrogen-bond donors (Lipinski definition) is 2. The molecule has 0 saturated heterocycles. The van der Waals surface area contributed by atoms with Gasteiger partial charge in [-0.3, -0.25) is 24.5 Å². The van der Waals surface area contributed by atoms with E-state index < -0.39 is 17.0 Å². The molecule has 4 rings (SSSR count). The largest absolute Gasteiger partial charge is 0.489 e. The van der Waals surface area contributed by atoms with Crippen molar-refractivity contribution in [1.29, 1.82) is 0 Å². The summed E-state index contributed by atoms with van der Waals surface area (Å²) in [7, 11) is 0. The van der Waals surface area contributed by atoms with Crippen LogP contribution in [0.4, 0.5) is 5.69 Å². The Morgan fingerprint density at radius 3 is 2.67 bits per heavy atom. The number of nitrogens with zero attached hydrogens (tertiary/aromatic N) is 2. The first-order valence-corrected chi connectivity index (χ1v) is 9.23. The van der Waals surface area contributed by atoms with E-state index in [1.54, 1.807) is 60.9 Å². The highest BCUT2D eigenvalue weighted by Gasteiger charge is 2.10. The summed E-state index contributed by atoms with van der Waals surface area (Å²) >= 11 is 0. The minimum absolute atomic E-state index is 0.264. The van der Waals surface area contributed by atoms with Gasteiger partial charge in [-0.15, -0.1) is 0 Å². The second-order valence-electron chi connectivity index (χ2n) is 6.60. The number of fused-ring (bicyclic) bond motifs is 1. The van der Waals surface area contributed by atoms with Crippen molar-refractivity contribution in [2.24, 2.45) is 0 Å². The van der Waals surface area contributed by atoms with Crippen LogP contribution >= 0.6 is 0 Å². The third kappa shape index (κ3) is 4.27. The monoisotopic (exact) mass is 402 g/mol. The van der Waals surface area contributed by atoms with Crippen LogP contribution in [0.5, 0.6) is 5.75 Å². The Labute approximate surface area is 170 Å². The number of carbonyl (C=O) groups excluding carboxylic acids is 1. The van der Waals surface area contributed by atoms with Gasteiger partial charge in [0, 0.05) is 29.7 Å². The summed E-state index contributed by atoms with van der Waals surface area (Å²) in [6, 6.07) is 17.1. The standard InChI is InChI=1S/C22H18N4O4/c27-20(13-26-22(29)19-9-2-1-8-18(19)21(28)25-26)24-16-6-3-7-17(11-16)30-14-15-5-4-10-23-12-15/h1-12H,13-14H2,(H,24,27)(H,25,28). The van der Waals surface area contributed by atoms with Gasteiger partial charge in [0.2, 0.25) is 5.91 Å². The predicted molar refractivity (Wildman–Crippen MR) is 112 cm³/mol. The lowest BCUT2D eigenvalue weighted by Crippen LogP contribution is -2.34. The number of aromatic amines is 1. The number of rotatable bonds is 6. The molecule has 0 aliphatic carbocycles. The van der Waals surface area contributed by atoms with Crippen LogP contribution in [0.2, 0.25) is 0 Å². The molecule has 8 nitrogen and oxygen atoms in total. The summed E-state index contributed by atoms with van der Waals surface area (Å²) in [6.45, 7) is 0.0264. The third-order valence-electron chi connectivity index (χ3n) is 4.43. The molecule has 0 unspecified atom stereocenters. The van der Waals surface area contributed by atoms with Crippen LogP contribution in [-0.4, -0.2) is 20.7 Å². The van der Waals surface area contributed by atoms with Gasteiger partial charge in [0.15, 0.2) is 0 Å². The molecule has 30 heavy (non-hydrogen) atoms. The Kier molecular flexibility index (Phi) is 5.38. The maximum Gasteiger partial charge on any atom is 0.273 e. The maximum absolute atomic E-state index is 12.5. The minimum Gasteiger partial charge on any atom is -0.489 e. The molecule has 2 heterocycles. The highest BCUT2D eigenvalue weighted by atomic mass is 16.5. The lowest BCUT2D eigenvalue weighted by molar-refractivity contribution is -0.117. The molecule has 0 aliphatic rings. The Balaban J connectivity index is 1.46. The smallest absolute Gasteiger partial charge is 0.273 e. The number of carbonyl (C=O) groups is 1. The summed E-state index contributed by atoms with van der Waals surface area (Å²) in [4.78, 5) is 41.2. The van der Waals surface area contributed by atoms with Gasteiger partial charge in [-0.05, 0) is 30.3 Å². The zero-order valence-corrected chi connectivity index (χ0v) is 15.9. The molecule has 8 heteroatoms. The summed E-state index contributed by atoms with van der Waals surface area (Å²) in [6.07, 6.45) is 3.40. The fourth-order valence-corrected chi connectivity index (χ4v) is 3.02. The average Bonchev–Trinajstić information content (AvgIpc) is 2.77. The minimum atomic E-state index is -0.451. The Hall–Kier alpha value is -4.20. The molecule has 2 aromatic heterocycles. The van der Waals surface area contributed by atoms with E-state index in [4.69, 9.17) is 4.74 Å². The van der Waals surface area contributed by atoms with Crippen molar-refractivity contribution in [3.63, 3.8) is 0 Å². The Morgan fingerprint density at radius 1 is 1.03 bits per heavy atom.